The molecule has 2 rings (SSSR count). The van der Waals surface area contributed by atoms with Crippen molar-refractivity contribution in [3.63, 3.8) is 0 Å². The number of nitrogens with two attached hydrogens (primary N) is 1. The molecule has 4 N–H and O–H groups in total. The van der Waals surface area contributed by atoms with E-state index in [-0.39, 0.29) is 11.7 Å². The van der Waals surface area contributed by atoms with Crippen molar-refractivity contribution in [3.8, 4) is 0 Å². The van der Waals surface area contributed by atoms with Gasteiger partial charge in [0, 0.05) is 19.3 Å². The normalized spacial score (nSPS) is 17.7. The van der Waals surface area contributed by atoms with Gasteiger partial charge in [-0.1, -0.05) is 0 Å². The van der Waals surface area contributed by atoms with Crippen LogP contribution < -0.4 is 11.1 Å². The van der Waals surface area contributed by atoms with Gasteiger partial charge in [-0.2, -0.15) is 0 Å². The molecule has 0 amide bonds. The minimum atomic E-state index is -1.32. The highest BCUT2D eigenvalue weighted by Gasteiger charge is 2.22. The van der Waals surface area contributed by atoms with Crippen molar-refractivity contribution >= 4 is 17.3 Å². The second-order valence-electron chi connectivity index (χ2n) is 5.11. The summed E-state index contributed by atoms with van der Waals surface area (Å²) in [7, 11) is 0. The average Bonchev–Trinajstić information content (AvgIpc) is 2.43. The number of ether oxygens (including phenoxy) is 1. The molecule has 1 aromatic carbocycles. The zero-order valence-corrected chi connectivity index (χ0v) is 11.4. The highest BCUT2D eigenvalue weighted by molar-refractivity contribution is 5.90. The van der Waals surface area contributed by atoms with E-state index in [4.69, 9.17) is 15.6 Å². The van der Waals surface area contributed by atoms with Gasteiger partial charge in [-0.05, 0) is 37.8 Å². The van der Waals surface area contributed by atoms with E-state index in [1.54, 1.807) is 0 Å². The van der Waals surface area contributed by atoms with Crippen LogP contribution >= 0.6 is 0 Å². The summed E-state index contributed by atoms with van der Waals surface area (Å²) in [5.41, 5.74) is 6.05. The Hall–Kier alpha value is -1.82. The molecule has 1 unspecified atom stereocenters. The minimum absolute atomic E-state index is 0.122. The standard InChI is InChI=1S/C14H19FN2O3/c1-8(9-2-4-20-5-3-9)17-13-7-11(15)10(14(18)19)6-12(13)16/h6-9,17H,2-5,16H2,1H3,(H,18,19). The van der Waals surface area contributed by atoms with Crippen molar-refractivity contribution in [2.45, 2.75) is 25.8 Å². The minimum Gasteiger partial charge on any atom is -0.478 e. The Kier molecular flexibility index (Phi) is 4.44. The number of aromatic carboxylic acids is 1. The van der Waals surface area contributed by atoms with Crippen LogP contribution in [0.15, 0.2) is 12.1 Å². The van der Waals surface area contributed by atoms with Crippen molar-refractivity contribution in [2.24, 2.45) is 5.92 Å². The highest BCUT2D eigenvalue weighted by Crippen LogP contribution is 2.27. The molecule has 0 saturated carbocycles. The third-order valence-electron chi connectivity index (χ3n) is 3.73. The molecule has 20 heavy (non-hydrogen) atoms. The summed E-state index contributed by atoms with van der Waals surface area (Å²) in [5.74, 6) is -1.67. The number of anilines is 2. The molecule has 0 bridgehead atoms. The average molecular weight is 282 g/mol. The summed E-state index contributed by atoms with van der Waals surface area (Å²) in [5, 5.41) is 12.0. The number of rotatable bonds is 4. The molecular weight excluding hydrogens is 263 g/mol. The Labute approximate surface area is 116 Å². The number of nitrogen functional groups attached to an aromatic ring is 1. The predicted octanol–water partition coefficient (Wildman–Crippen LogP) is 2.33. The van der Waals surface area contributed by atoms with Crippen LogP contribution in [0.25, 0.3) is 0 Å². The van der Waals surface area contributed by atoms with Gasteiger partial charge < -0.3 is 20.9 Å². The lowest BCUT2D eigenvalue weighted by Crippen LogP contribution is -2.31. The number of nitrogens with one attached hydrogen (secondary N) is 1. The quantitative estimate of drug-likeness (QED) is 0.738. The van der Waals surface area contributed by atoms with E-state index in [0.717, 1.165) is 38.2 Å². The zero-order chi connectivity index (χ0) is 14.7. The number of hydrogen-bond donors (Lipinski definition) is 3. The fourth-order valence-electron chi connectivity index (χ4n) is 2.46. The fraction of sp³-hybridized carbons (Fsp3) is 0.500. The molecule has 1 aliphatic rings. The number of hydrogen-bond acceptors (Lipinski definition) is 4. The van der Waals surface area contributed by atoms with Crippen LogP contribution in [0.3, 0.4) is 0 Å². The molecule has 6 heteroatoms. The van der Waals surface area contributed by atoms with Crippen LogP contribution in [0.5, 0.6) is 0 Å². The molecule has 110 valence electrons. The van der Waals surface area contributed by atoms with Gasteiger partial charge >= 0.3 is 5.97 Å². The lowest BCUT2D eigenvalue weighted by Gasteiger charge is -2.29. The molecule has 0 spiro atoms. The van der Waals surface area contributed by atoms with E-state index in [9.17, 15) is 9.18 Å². The topological polar surface area (TPSA) is 84.6 Å². The first-order chi connectivity index (χ1) is 9.49. The molecule has 0 aromatic heterocycles. The Morgan fingerprint density at radius 1 is 1.50 bits per heavy atom. The first-order valence-electron chi connectivity index (χ1n) is 6.65. The summed E-state index contributed by atoms with van der Waals surface area (Å²) >= 11 is 0. The number of carboxylic acid groups (broad SMARTS) is 1. The van der Waals surface area contributed by atoms with Crippen molar-refractivity contribution < 1.29 is 19.0 Å². The van der Waals surface area contributed by atoms with Crippen molar-refractivity contribution in [1.82, 2.24) is 0 Å². The number of halogens is 1. The maximum atomic E-state index is 13.7. The van der Waals surface area contributed by atoms with E-state index >= 15 is 0 Å². The lowest BCUT2D eigenvalue weighted by molar-refractivity contribution is 0.0622. The second kappa shape index (κ2) is 6.09. The predicted molar refractivity (Wildman–Crippen MR) is 74.4 cm³/mol. The third-order valence-corrected chi connectivity index (χ3v) is 3.73. The Morgan fingerprint density at radius 3 is 2.75 bits per heavy atom. The zero-order valence-electron chi connectivity index (χ0n) is 11.4. The van der Waals surface area contributed by atoms with Gasteiger partial charge in [0.15, 0.2) is 0 Å². The smallest absolute Gasteiger partial charge is 0.338 e. The molecule has 0 aliphatic carbocycles. The van der Waals surface area contributed by atoms with Crippen molar-refractivity contribution in [3.05, 3.63) is 23.5 Å². The highest BCUT2D eigenvalue weighted by atomic mass is 19.1. The van der Waals surface area contributed by atoms with E-state index in [2.05, 4.69) is 5.32 Å². The molecule has 1 heterocycles. The Balaban J connectivity index is 2.12. The molecule has 1 aliphatic heterocycles. The van der Waals surface area contributed by atoms with Gasteiger partial charge in [0.2, 0.25) is 0 Å². The maximum absolute atomic E-state index is 13.7. The molecular formula is C14H19FN2O3. The van der Waals surface area contributed by atoms with Gasteiger partial charge in [-0.25, -0.2) is 9.18 Å². The van der Waals surface area contributed by atoms with Gasteiger partial charge in [-0.15, -0.1) is 0 Å². The largest absolute Gasteiger partial charge is 0.478 e. The van der Waals surface area contributed by atoms with Crippen LogP contribution in [-0.4, -0.2) is 30.3 Å². The molecule has 1 aromatic rings. The monoisotopic (exact) mass is 282 g/mol. The first-order valence-corrected chi connectivity index (χ1v) is 6.65. The Morgan fingerprint density at radius 2 is 2.15 bits per heavy atom. The summed E-state index contributed by atoms with van der Waals surface area (Å²) in [6.45, 7) is 3.48. The number of carboxylic acids is 1. The molecule has 1 saturated heterocycles. The first kappa shape index (κ1) is 14.6. The van der Waals surface area contributed by atoms with E-state index in [0.29, 0.717) is 11.6 Å². The van der Waals surface area contributed by atoms with E-state index in [1.807, 2.05) is 6.92 Å². The Bertz CT molecular complexity index is 501. The van der Waals surface area contributed by atoms with Crippen LogP contribution in [0, 0.1) is 11.7 Å². The molecule has 0 radical (unpaired) electrons. The van der Waals surface area contributed by atoms with Gasteiger partial charge in [-0.3, -0.25) is 0 Å². The third kappa shape index (κ3) is 3.19. The number of benzene rings is 1. The van der Waals surface area contributed by atoms with Crippen LogP contribution in [0.1, 0.15) is 30.1 Å². The number of carbonyl (C=O) groups is 1. The SMILES string of the molecule is CC(Nc1cc(F)c(C(=O)O)cc1N)C1CCOCC1. The summed E-state index contributed by atoms with van der Waals surface area (Å²) in [6.07, 6.45) is 1.90. The van der Waals surface area contributed by atoms with Gasteiger partial charge in [0.05, 0.1) is 16.9 Å². The summed E-state index contributed by atoms with van der Waals surface area (Å²) in [4.78, 5) is 10.8. The fourth-order valence-corrected chi connectivity index (χ4v) is 2.46. The molecule has 5 nitrogen and oxygen atoms in total. The van der Waals surface area contributed by atoms with Gasteiger partial charge in [0.1, 0.15) is 5.82 Å². The van der Waals surface area contributed by atoms with Crippen LogP contribution in [-0.2, 0) is 4.74 Å². The van der Waals surface area contributed by atoms with Gasteiger partial charge in [0.25, 0.3) is 0 Å². The second-order valence-corrected chi connectivity index (χ2v) is 5.11. The maximum Gasteiger partial charge on any atom is 0.338 e. The lowest BCUT2D eigenvalue weighted by atomic mass is 9.92. The molecule has 1 fully saturated rings. The van der Waals surface area contributed by atoms with Crippen LogP contribution in [0.4, 0.5) is 15.8 Å². The van der Waals surface area contributed by atoms with E-state index < -0.39 is 17.3 Å². The van der Waals surface area contributed by atoms with E-state index in [1.165, 1.54) is 0 Å². The summed E-state index contributed by atoms with van der Waals surface area (Å²) < 4.78 is 19.0. The van der Waals surface area contributed by atoms with Crippen molar-refractivity contribution in [1.29, 1.82) is 0 Å². The summed E-state index contributed by atoms with van der Waals surface area (Å²) in [6, 6.07) is 2.42. The van der Waals surface area contributed by atoms with Crippen LogP contribution in [0.2, 0.25) is 0 Å². The molecule has 1 atom stereocenters. The van der Waals surface area contributed by atoms with Crippen molar-refractivity contribution in [2.75, 3.05) is 24.3 Å².